The fraction of sp³-hybridized carbons (Fsp3) is 0.400. The largest absolute Gasteiger partial charge is 0.465 e. The quantitative estimate of drug-likeness (QED) is 0.298. The molecule has 0 aliphatic carbocycles. The number of carbonyl (C=O) groups is 2. The van der Waals surface area contributed by atoms with E-state index in [-0.39, 0.29) is 12.5 Å². The van der Waals surface area contributed by atoms with Crippen molar-refractivity contribution in [2.45, 2.75) is 19.4 Å². The summed E-state index contributed by atoms with van der Waals surface area (Å²) < 4.78 is 12.6. The van der Waals surface area contributed by atoms with Crippen LogP contribution in [-0.2, 0) is 19.1 Å². The number of carbonyl (C=O) groups excluding carboxylic acids is 2. The SMILES string of the molecule is CCOC(=O)[C@@H]1C(=O)N(CCCOC)c2nc3ccccc3n2[C@H]1c1ccc(N(C)C)cc1. The normalized spacial score (nSPS) is 17.8. The highest BCUT2D eigenvalue weighted by atomic mass is 16.5. The van der Waals surface area contributed by atoms with Crippen LogP contribution >= 0.6 is 0 Å². The van der Waals surface area contributed by atoms with E-state index in [0.29, 0.717) is 25.5 Å². The van der Waals surface area contributed by atoms with Gasteiger partial charge in [0.25, 0.3) is 0 Å². The second-order valence-corrected chi connectivity index (χ2v) is 8.27. The molecule has 33 heavy (non-hydrogen) atoms. The van der Waals surface area contributed by atoms with Crippen molar-refractivity contribution in [1.29, 1.82) is 0 Å². The summed E-state index contributed by atoms with van der Waals surface area (Å²) in [5.74, 6) is -1.29. The number of benzene rings is 2. The van der Waals surface area contributed by atoms with Crippen LogP contribution in [0.15, 0.2) is 48.5 Å². The van der Waals surface area contributed by atoms with Crippen molar-refractivity contribution < 1.29 is 19.1 Å². The van der Waals surface area contributed by atoms with Crippen molar-refractivity contribution in [2.24, 2.45) is 5.92 Å². The molecule has 0 fully saturated rings. The predicted molar refractivity (Wildman–Crippen MR) is 128 cm³/mol. The molecule has 1 aliphatic rings. The van der Waals surface area contributed by atoms with E-state index in [0.717, 1.165) is 22.3 Å². The first-order valence-corrected chi connectivity index (χ1v) is 11.2. The van der Waals surface area contributed by atoms with Gasteiger partial charge in [0, 0.05) is 40.0 Å². The van der Waals surface area contributed by atoms with Gasteiger partial charge in [0.1, 0.15) is 0 Å². The minimum absolute atomic E-state index is 0.204. The standard InChI is InChI=1S/C25H30N4O4/c1-5-33-24(31)21-22(17-11-13-18(14-12-17)27(2)3)29-20-10-7-6-9-19(20)26-25(29)28(23(21)30)15-8-16-32-4/h6-7,9-14,21-22H,5,8,15-16H2,1-4H3/t21-,22-/m0/s1. The van der Waals surface area contributed by atoms with Gasteiger partial charge >= 0.3 is 5.97 Å². The van der Waals surface area contributed by atoms with Crippen LogP contribution in [0.4, 0.5) is 11.6 Å². The van der Waals surface area contributed by atoms with E-state index in [4.69, 9.17) is 14.5 Å². The number of hydrogen-bond acceptors (Lipinski definition) is 6. The third-order valence-electron chi connectivity index (χ3n) is 5.97. The summed E-state index contributed by atoms with van der Waals surface area (Å²) in [6, 6.07) is 15.1. The van der Waals surface area contributed by atoms with Gasteiger partial charge in [-0.05, 0) is 43.2 Å². The van der Waals surface area contributed by atoms with Crippen LogP contribution in [0.3, 0.4) is 0 Å². The van der Waals surface area contributed by atoms with Crippen molar-refractivity contribution in [3.05, 3.63) is 54.1 Å². The number of para-hydroxylation sites is 2. The summed E-state index contributed by atoms with van der Waals surface area (Å²) >= 11 is 0. The molecule has 1 aliphatic heterocycles. The number of amides is 1. The monoisotopic (exact) mass is 450 g/mol. The maximum absolute atomic E-state index is 13.8. The molecule has 8 nitrogen and oxygen atoms in total. The predicted octanol–water partition coefficient (Wildman–Crippen LogP) is 3.25. The second-order valence-electron chi connectivity index (χ2n) is 8.27. The number of anilines is 2. The van der Waals surface area contributed by atoms with Gasteiger partial charge < -0.3 is 18.9 Å². The molecule has 1 aromatic heterocycles. The molecular formula is C25H30N4O4. The zero-order chi connectivity index (χ0) is 23.5. The smallest absolute Gasteiger partial charge is 0.321 e. The number of fused-ring (bicyclic) bond motifs is 3. The summed E-state index contributed by atoms with van der Waals surface area (Å²) in [5.41, 5.74) is 3.53. The van der Waals surface area contributed by atoms with Gasteiger partial charge in [-0.15, -0.1) is 0 Å². The van der Waals surface area contributed by atoms with Crippen molar-refractivity contribution in [2.75, 3.05) is 50.8 Å². The lowest BCUT2D eigenvalue weighted by atomic mass is 9.89. The molecule has 0 saturated carbocycles. The highest BCUT2D eigenvalue weighted by Crippen LogP contribution is 2.41. The fourth-order valence-electron chi connectivity index (χ4n) is 4.40. The Morgan fingerprint density at radius 1 is 1.12 bits per heavy atom. The van der Waals surface area contributed by atoms with Gasteiger partial charge in [-0.1, -0.05) is 24.3 Å². The lowest BCUT2D eigenvalue weighted by molar-refractivity contribution is -0.153. The first-order valence-electron chi connectivity index (χ1n) is 11.2. The Balaban J connectivity index is 1.91. The lowest BCUT2D eigenvalue weighted by Gasteiger charge is -2.38. The molecule has 0 spiro atoms. The average molecular weight is 451 g/mol. The third-order valence-corrected chi connectivity index (χ3v) is 5.97. The van der Waals surface area contributed by atoms with Gasteiger partial charge in [0.2, 0.25) is 11.9 Å². The topological polar surface area (TPSA) is 76.9 Å². The number of imidazole rings is 1. The van der Waals surface area contributed by atoms with E-state index in [1.165, 1.54) is 0 Å². The maximum Gasteiger partial charge on any atom is 0.321 e. The van der Waals surface area contributed by atoms with Crippen LogP contribution in [0.5, 0.6) is 0 Å². The van der Waals surface area contributed by atoms with E-state index in [2.05, 4.69) is 0 Å². The Hall–Kier alpha value is -3.39. The Kier molecular flexibility index (Phi) is 6.65. The molecule has 0 saturated heterocycles. The number of methoxy groups -OCH3 is 1. The minimum Gasteiger partial charge on any atom is -0.465 e. The molecule has 3 aromatic rings. The number of nitrogens with zero attached hydrogens (tertiary/aromatic N) is 4. The van der Waals surface area contributed by atoms with Gasteiger partial charge in [-0.2, -0.15) is 0 Å². The van der Waals surface area contributed by atoms with E-state index in [1.54, 1.807) is 18.9 Å². The van der Waals surface area contributed by atoms with E-state index in [1.807, 2.05) is 72.1 Å². The molecule has 0 unspecified atom stereocenters. The van der Waals surface area contributed by atoms with E-state index >= 15 is 0 Å². The molecule has 8 heteroatoms. The highest BCUT2D eigenvalue weighted by Gasteiger charge is 2.47. The van der Waals surface area contributed by atoms with Gasteiger partial charge in [-0.25, -0.2) is 4.98 Å². The molecular weight excluding hydrogens is 420 g/mol. The van der Waals surface area contributed by atoms with Crippen LogP contribution in [0.25, 0.3) is 11.0 Å². The molecule has 4 rings (SSSR count). The number of rotatable bonds is 8. The van der Waals surface area contributed by atoms with Crippen molar-refractivity contribution in [3.63, 3.8) is 0 Å². The lowest BCUT2D eigenvalue weighted by Crippen LogP contribution is -2.50. The van der Waals surface area contributed by atoms with Crippen molar-refractivity contribution in [3.8, 4) is 0 Å². The summed E-state index contributed by atoms with van der Waals surface area (Å²) in [4.78, 5) is 35.3. The summed E-state index contributed by atoms with van der Waals surface area (Å²) in [6.07, 6.45) is 0.628. The van der Waals surface area contributed by atoms with Crippen LogP contribution in [0.2, 0.25) is 0 Å². The Bertz CT molecular complexity index is 1140. The molecule has 0 radical (unpaired) electrons. The van der Waals surface area contributed by atoms with E-state index in [9.17, 15) is 9.59 Å². The number of aromatic nitrogens is 2. The molecule has 174 valence electrons. The van der Waals surface area contributed by atoms with Gasteiger partial charge in [0.05, 0.1) is 23.7 Å². The summed E-state index contributed by atoms with van der Waals surface area (Å²) in [7, 11) is 5.57. The van der Waals surface area contributed by atoms with Crippen molar-refractivity contribution >= 4 is 34.5 Å². The zero-order valence-corrected chi connectivity index (χ0v) is 19.5. The Labute approximate surface area is 193 Å². The average Bonchev–Trinajstić information content (AvgIpc) is 3.19. The number of hydrogen-bond donors (Lipinski definition) is 0. The maximum atomic E-state index is 13.8. The second kappa shape index (κ2) is 9.62. The minimum atomic E-state index is -1.01. The molecule has 2 atom stereocenters. The zero-order valence-electron chi connectivity index (χ0n) is 19.5. The highest BCUT2D eigenvalue weighted by molar-refractivity contribution is 6.08. The first-order chi connectivity index (χ1) is 16.0. The Morgan fingerprint density at radius 3 is 2.52 bits per heavy atom. The molecule has 1 amide bonds. The number of ether oxygens (including phenoxy) is 2. The first kappa shape index (κ1) is 22.8. The van der Waals surface area contributed by atoms with Crippen LogP contribution < -0.4 is 9.80 Å². The fourth-order valence-corrected chi connectivity index (χ4v) is 4.40. The van der Waals surface area contributed by atoms with Crippen LogP contribution in [0, 0.1) is 5.92 Å². The molecule has 0 bridgehead atoms. The van der Waals surface area contributed by atoms with Crippen LogP contribution in [0.1, 0.15) is 24.9 Å². The Morgan fingerprint density at radius 2 is 1.85 bits per heavy atom. The third kappa shape index (κ3) is 4.18. The van der Waals surface area contributed by atoms with E-state index < -0.39 is 17.9 Å². The molecule has 2 heterocycles. The number of esters is 1. The molecule has 2 aromatic carbocycles. The van der Waals surface area contributed by atoms with Crippen molar-refractivity contribution in [1.82, 2.24) is 9.55 Å². The molecule has 0 N–H and O–H groups in total. The van der Waals surface area contributed by atoms with Crippen LogP contribution in [-0.4, -0.2) is 62.4 Å². The van der Waals surface area contributed by atoms with Gasteiger partial charge in [-0.3, -0.25) is 14.5 Å². The summed E-state index contributed by atoms with van der Waals surface area (Å²) in [6.45, 7) is 2.86. The van der Waals surface area contributed by atoms with Gasteiger partial charge in [0.15, 0.2) is 5.92 Å². The summed E-state index contributed by atoms with van der Waals surface area (Å²) in [5, 5.41) is 0.